The molecule has 1 aliphatic heterocycles. The van der Waals surface area contributed by atoms with Crippen molar-refractivity contribution in [2.75, 3.05) is 5.75 Å². The van der Waals surface area contributed by atoms with Crippen LogP contribution in [-0.4, -0.2) is 23.1 Å². The molecule has 0 radical (unpaired) electrons. The summed E-state index contributed by atoms with van der Waals surface area (Å²) in [6, 6.07) is 1.44. The number of allylic oxidation sites excluding steroid dienone is 1. The summed E-state index contributed by atoms with van der Waals surface area (Å²) in [7, 11) is 0. The number of nitrogens with one attached hydrogen (secondary N) is 1. The fourth-order valence-corrected chi connectivity index (χ4v) is 3.35. The standard InChI is InChI=1S/C11H19NS/c1-9-7-11(8-13-9)12-10-5-3-2-4-6-10/h3,5,9-12H,2,4,6-8H2,1H3. The van der Waals surface area contributed by atoms with Crippen LogP contribution in [-0.2, 0) is 0 Å². The van der Waals surface area contributed by atoms with Crippen LogP contribution in [0.15, 0.2) is 12.2 Å². The molecule has 0 aromatic heterocycles. The zero-order chi connectivity index (χ0) is 9.10. The quantitative estimate of drug-likeness (QED) is 0.683. The molecule has 0 spiro atoms. The zero-order valence-corrected chi connectivity index (χ0v) is 9.15. The molecule has 13 heavy (non-hydrogen) atoms. The highest BCUT2D eigenvalue weighted by molar-refractivity contribution is 8.00. The van der Waals surface area contributed by atoms with E-state index in [1.165, 1.54) is 31.4 Å². The lowest BCUT2D eigenvalue weighted by atomic mass is 10.0. The first-order chi connectivity index (χ1) is 6.34. The van der Waals surface area contributed by atoms with Gasteiger partial charge in [0.15, 0.2) is 0 Å². The van der Waals surface area contributed by atoms with Crippen molar-refractivity contribution in [1.82, 2.24) is 5.32 Å². The second kappa shape index (κ2) is 4.52. The molecule has 0 saturated carbocycles. The van der Waals surface area contributed by atoms with E-state index >= 15 is 0 Å². The second-order valence-electron chi connectivity index (χ2n) is 4.21. The van der Waals surface area contributed by atoms with Gasteiger partial charge in [-0.25, -0.2) is 0 Å². The molecule has 1 aliphatic carbocycles. The third-order valence-corrected chi connectivity index (χ3v) is 4.26. The molecule has 1 N–H and O–H groups in total. The zero-order valence-electron chi connectivity index (χ0n) is 8.33. The molecule has 0 aromatic rings. The summed E-state index contributed by atoms with van der Waals surface area (Å²) in [6.07, 6.45) is 10.0. The van der Waals surface area contributed by atoms with E-state index in [0.717, 1.165) is 11.3 Å². The first-order valence-electron chi connectivity index (χ1n) is 5.39. The third-order valence-electron chi connectivity index (χ3n) is 2.90. The molecule has 2 aliphatic rings. The molecule has 3 unspecified atom stereocenters. The lowest BCUT2D eigenvalue weighted by Crippen LogP contribution is -2.38. The van der Waals surface area contributed by atoms with Gasteiger partial charge in [-0.1, -0.05) is 19.1 Å². The molecule has 1 fully saturated rings. The largest absolute Gasteiger partial charge is 0.307 e. The second-order valence-corrected chi connectivity index (χ2v) is 5.68. The Hall–Kier alpha value is 0.0500. The molecule has 0 bridgehead atoms. The van der Waals surface area contributed by atoms with E-state index in [4.69, 9.17) is 0 Å². The van der Waals surface area contributed by atoms with Crippen LogP contribution in [0.25, 0.3) is 0 Å². The van der Waals surface area contributed by atoms with Crippen molar-refractivity contribution in [3.8, 4) is 0 Å². The van der Waals surface area contributed by atoms with Gasteiger partial charge in [-0.3, -0.25) is 0 Å². The minimum atomic E-state index is 0.671. The van der Waals surface area contributed by atoms with E-state index in [1.807, 2.05) is 0 Å². The van der Waals surface area contributed by atoms with Crippen LogP contribution >= 0.6 is 11.8 Å². The molecule has 3 atom stereocenters. The van der Waals surface area contributed by atoms with Crippen LogP contribution in [0.4, 0.5) is 0 Å². The first-order valence-corrected chi connectivity index (χ1v) is 6.44. The van der Waals surface area contributed by atoms with Gasteiger partial charge in [-0.05, 0) is 25.7 Å². The lowest BCUT2D eigenvalue weighted by Gasteiger charge is -2.22. The summed E-state index contributed by atoms with van der Waals surface area (Å²) in [5, 5.41) is 4.61. The van der Waals surface area contributed by atoms with Crippen LogP contribution in [0.3, 0.4) is 0 Å². The highest BCUT2D eigenvalue weighted by Crippen LogP contribution is 2.26. The maximum atomic E-state index is 3.74. The van der Waals surface area contributed by atoms with Crippen LogP contribution in [0.1, 0.15) is 32.6 Å². The minimum absolute atomic E-state index is 0.671. The van der Waals surface area contributed by atoms with Gasteiger partial charge in [0.05, 0.1) is 0 Å². The summed E-state index contributed by atoms with van der Waals surface area (Å²) >= 11 is 2.11. The first kappa shape index (κ1) is 9.60. The highest BCUT2D eigenvalue weighted by atomic mass is 32.2. The van der Waals surface area contributed by atoms with Crippen LogP contribution < -0.4 is 5.32 Å². The van der Waals surface area contributed by atoms with E-state index in [2.05, 4.69) is 36.2 Å². The Balaban J connectivity index is 1.77. The molecule has 1 nitrogen and oxygen atoms in total. The average Bonchev–Trinajstić information content (AvgIpc) is 2.53. The summed E-state index contributed by atoms with van der Waals surface area (Å²) in [5.74, 6) is 1.31. The minimum Gasteiger partial charge on any atom is -0.307 e. The van der Waals surface area contributed by atoms with Crippen molar-refractivity contribution < 1.29 is 0 Å². The Labute approximate surface area is 85.4 Å². The van der Waals surface area contributed by atoms with Crippen molar-refractivity contribution >= 4 is 11.8 Å². The Kier molecular flexibility index (Phi) is 3.33. The number of hydrogen-bond acceptors (Lipinski definition) is 2. The van der Waals surface area contributed by atoms with Gasteiger partial charge < -0.3 is 5.32 Å². The Bertz CT molecular complexity index is 191. The molecule has 2 heteroatoms. The van der Waals surface area contributed by atoms with Crippen molar-refractivity contribution in [3.63, 3.8) is 0 Å². The Morgan fingerprint density at radius 3 is 3.00 bits per heavy atom. The number of thioether (sulfide) groups is 1. The molecular formula is C11H19NS. The topological polar surface area (TPSA) is 12.0 Å². The summed E-state index contributed by atoms with van der Waals surface area (Å²) in [4.78, 5) is 0. The predicted molar refractivity (Wildman–Crippen MR) is 60.2 cm³/mol. The van der Waals surface area contributed by atoms with Crippen LogP contribution in [0.5, 0.6) is 0 Å². The van der Waals surface area contributed by atoms with Crippen molar-refractivity contribution in [1.29, 1.82) is 0 Å². The molecule has 2 rings (SSSR count). The Morgan fingerprint density at radius 1 is 1.46 bits per heavy atom. The fourth-order valence-electron chi connectivity index (χ4n) is 2.19. The summed E-state index contributed by atoms with van der Waals surface area (Å²) in [5.41, 5.74) is 0. The van der Waals surface area contributed by atoms with Gasteiger partial charge in [0, 0.05) is 23.1 Å². The van der Waals surface area contributed by atoms with E-state index in [9.17, 15) is 0 Å². The fraction of sp³-hybridized carbons (Fsp3) is 0.818. The van der Waals surface area contributed by atoms with E-state index in [0.29, 0.717) is 6.04 Å². The molecule has 1 heterocycles. The molecule has 0 aromatic carbocycles. The molecule has 1 saturated heterocycles. The van der Waals surface area contributed by atoms with E-state index < -0.39 is 0 Å². The highest BCUT2D eigenvalue weighted by Gasteiger charge is 2.23. The summed E-state index contributed by atoms with van der Waals surface area (Å²) in [6.45, 7) is 2.34. The smallest absolute Gasteiger partial charge is 0.0253 e. The molecule has 74 valence electrons. The molecule has 0 amide bonds. The SMILES string of the molecule is CC1CC(NC2C=CCCC2)CS1. The maximum Gasteiger partial charge on any atom is 0.0253 e. The van der Waals surface area contributed by atoms with Gasteiger partial charge in [0.2, 0.25) is 0 Å². The third kappa shape index (κ3) is 2.75. The van der Waals surface area contributed by atoms with Gasteiger partial charge in [0.25, 0.3) is 0 Å². The maximum absolute atomic E-state index is 3.74. The molecular weight excluding hydrogens is 178 g/mol. The van der Waals surface area contributed by atoms with E-state index in [1.54, 1.807) is 0 Å². The average molecular weight is 197 g/mol. The van der Waals surface area contributed by atoms with Crippen molar-refractivity contribution in [2.45, 2.75) is 49.9 Å². The Morgan fingerprint density at radius 2 is 2.38 bits per heavy atom. The normalized spacial score (nSPS) is 39.6. The predicted octanol–water partition coefficient (Wildman–Crippen LogP) is 2.58. The van der Waals surface area contributed by atoms with Crippen LogP contribution in [0.2, 0.25) is 0 Å². The lowest BCUT2D eigenvalue weighted by molar-refractivity contribution is 0.453. The van der Waals surface area contributed by atoms with Crippen molar-refractivity contribution in [3.05, 3.63) is 12.2 Å². The van der Waals surface area contributed by atoms with Gasteiger partial charge in [-0.15, -0.1) is 0 Å². The monoisotopic (exact) mass is 197 g/mol. The van der Waals surface area contributed by atoms with Gasteiger partial charge in [-0.2, -0.15) is 11.8 Å². The summed E-state index contributed by atoms with van der Waals surface area (Å²) < 4.78 is 0. The van der Waals surface area contributed by atoms with Gasteiger partial charge >= 0.3 is 0 Å². The van der Waals surface area contributed by atoms with Crippen molar-refractivity contribution in [2.24, 2.45) is 0 Å². The van der Waals surface area contributed by atoms with E-state index in [-0.39, 0.29) is 0 Å². The number of rotatable bonds is 2. The van der Waals surface area contributed by atoms with Crippen LogP contribution in [0, 0.1) is 0 Å². The number of hydrogen-bond donors (Lipinski definition) is 1. The van der Waals surface area contributed by atoms with Gasteiger partial charge in [0.1, 0.15) is 0 Å².